The Balaban J connectivity index is 2.72. The van der Waals surface area contributed by atoms with Crippen LogP contribution in [-0.4, -0.2) is 29.4 Å². The van der Waals surface area contributed by atoms with E-state index in [1.54, 1.807) is 12.1 Å². The van der Waals surface area contributed by atoms with Gasteiger partial charge in [0.25, 0.3) is 0 Å². The Morgan fingerprint density at radius 3 is 2.36 bits per heavy atom. The molecular formula is C16H22N2O4. The van der Waals surface area contributed by atoms with E-state index in [1.165, 1.54) is 0 Å². The Kier molecular flexibility index (Phi) is 6.56. The van der Waals surface area contributed by atoms with Crippen LogP contribution in [0, 0.1) is 13.8 Å². The van der Waals surface area contributed by atoms with Gasteiger partial charge in [0, 0.05) is 6.42 Å². The average Bonchev–Trinajstić information content (AvgIpc) is 2.45. The van der Waals surface area contributed by atoms with E-state index >= 15 is 0 Å². The Morgan fingerprint density at radius 2 is 1.82 bits per heavy atom. The summed E-state index contributed by atoms with van der Waals surface area (Å²) in [4.78, 5) is 34.5. The van der Waals surface area contributed by atoms with E-state index in [2.05, 4.69) is 10.6 Å². The number of carbonyl (C=O) groups is 3. The van der Waals surface area contributed by atoms with Crippen molar-refractivity contribution in [3.8, 4) is 0 Å². The van der Waals surface area contributed by atoms with E-state index < -0.39 is 17.9 Å². The predicted molar refractivity (Wildman–Crippen MR) is 82.4 cm³/mol. The highest BCUT2D eigenvalue weighted by molar-refractivity contribution is 5.88. The molecule has 3 N–H and O–H groups in total. The first-order valence-corrected chi connectivity index (χ1v) is 7.21. The number of carbonyl (C=O) groups excluding carboxylic acids is 2. The molecule has 0 heterocycles. The molecule has 0 aliphatic rings. The van der Waals surface area contributed by atoms with Crippen molar-refractivity contribution in [2.24, 2.45) is 0 Å². The summed E-state index contributed by atoms with van der Waals surface area (Å²) in [6.45, 7) is 5.44. The zero-order valence-corrected chi connectivity index (χ0v) is 13.1. The molecule has 2 amide bonds. The van der Waals surface area contributed by atoms with E-state index in [0.717, 1.165) is 11.1 Å². The molecule has 0 aliphatic carbocycles. The number of amides is 2. The Bertz CT molecular complexity index is 569. The third-order valence-electron chi connectivity index (χ3n) is 3.34. The first-order valence-electron chi connectivity index (χ1n) is 7.21. The van der Waals surface area contributed by atoms with Crippen molar-refractivity contribution in [1.82, 2.24) is 10.6 Å². The quantitative estimate of drug-likeness (QED) is 0.710. The Hall–Kier alpha value is -2.37. The summed E-state index contributed by atoms with van der Waals surface area (Å²) in [5, 5.41) is 14.2. The van der Waals surface area contributed by atoms with Crippen LogP contribution in [0.1, 0.15) is 42.5 Å². The van der Waals surface area contributed by atoms with Gasteiger partial charge in [0.15, 0.2) is 6.04 Å². The smallest absolute Gasteiger partial charge is 0.330 e. The number of hydrogen-bond donors (Lipinski definition) is 3. The summed E-state index contributed by atoms with van der Waals surface area (Å²) in [7, 11) is 0. The maximum absolute atomic E-state index is 11.8. The third kappa shape index (κ3) is 5.20. The summed E-state index contributed by atoms with van der Waals surface area (Å²) in [6, 6.07) is 4.10. The van der Waals surface area contributed by atoms with Crippen molar-refractivity contribution in [2.75, 3.05) is 6.54 Å². The fourth-order valence-corrected chi connectivity index (χ4v) is 1.94. The minimum atomic E-state index is -1.14. The maximum Gasteiger partial charge on any atom is 0.330 e. The first kappa shape index (κ1) is 17.7. The lowest BCUT2D eigenvalue weighted by atomic mass is 10.0. The minimum absolute atomic E-state index is 0.226. The summed E-state index contributed by atoms with van der Waals surface area (Å²) >= 11 is 0. The van der Waals surface area contributed by atoms with Crippen LogP contribution < -0.4 is 10.6 Å². The lowest BCUT2D eigenvalue weighted by Gasteiger charge is -2.16. The Labute approximate surface area is 129 Å². The number of aliphatic carboxylic acids is 1. The zero-order valence-electron chi connectivity index (χ0n) is 13.1. The summed E-state index contributed by atoms with van der Waals surface area (Å²) < 4.78 is 0. The van der Waals surface area contributed by atoms with Gasteiger partial charge in [0.2, 0.25) is 11.8 Å². The van der Waals surface area contributed by atoms with E-state index in [4.69, 9.17) is 0 Å². The van der Waals surface area contributed by atoms with Gasteiger partial charge in [-0.25, -0.2) is 4.79 Å². The van der Waals surface area contributed by atoms with Gasteiger partial charge >= 0.3 is 5.97 Å². The van der Waals surface area contributed by atoms with Gasteiger partial charge in [-0.3, -0.25) is 9.59 Å². The molecule has 1 aromatic rings. The van der Waals surface area contributed by atoms with Crippen molar-refractivity contribution in [1.29, 1.82) is 0 Å². The lowest BCUT2D eigenvalue weighted by molar-refractivity contribution is -0.141. The summed E-state index contributed by atoms with van der Waals surface area (Å²) in [6.07, 6.45) is 1.03. The fourth-order valence-electron chi connectivity index (χ4n) is 1.94. The molecule has 1 unspecified atom stereocenters. The number of carboxylic acid groups (broad SMARTS) is 1. The largest absolute Gasteiger partial charge is 0.479 e. The number of rotatable bonds is 7. The number of hydrogen-bond acceptors (Lipinski definition) is 3. The second-order valence-electron chi connectivity index (χ2n) is 5.21. The average molecular weight is 306 g/mol. The summed E-state index contributed by atoms with van der Waals surface area (Å²) in [5.41, 5.74) is 2.50. The van der Waals surface area contributed by atoms with Gasteiger partial charge < -0.3 is 15.7 Å². The van der Waals surface area contributed by atoms with Crippen LogP contribution in [0.2, 0.25) is 0 Å². The second kappa shape index (κ2) is 8.17. The van der Waals surface area contributed by atoms with Crippen LogP contribution in [0.5, 0.6) is 0 Å². The molecule has 0 bridgehead atoms. The molecule has 6 heteroatoms. The van der Waals surface area contributed by atoms with Crippen LogP contribution in [0.15, 0.2) is 18.2 Å². The van der Waals surface area contributed by atoms with Gasteiger partial charge in [0.05, 0.1) is 6.54 Å². The number of aryl methyl sites for hydroxylation is 2. The lowest BCUT2D eigenvalue weighted by Crippen LogP contribution is -2.41. The SMILES string of the molecule is CCCC(=O)NCC(=O)NC(C(=O)O)c1ccc(C)c(C)c1. The highest BCUT2D eigenvalue weighted by Gasteiger charge is 2.22. The Morgan fingerprint density at radius 1 is 1.14 bits per heavy atom. The zero-order chi connectivity index (χ0) is 16.7. The van der Waals surface area contributed by atoms with E-state index in [1.807, 2.05) is 26.8 Å². The van der Waals surface area contributed by atoms with E-state index in [-0.39, 0.29) is 12.5 Å². The van der Waals surface area contributed by atoms with Gasteiger partial charge in [-0.05, 0) is 37.0 Å². The van der Waals surface area contributed by atoms with Gasteiger partial charge in [-0.1, -0.05) is 25.1 Å². The molecule has 1 atom stereocenters. The number of nitrogens with one attached hydrogen (secondary N) is 2. The second-order valence-corrected chi connectivity index (χ2v) is 5.21. The molecule has 0 fully saturated rings. The van der Waals surface area contributed by atoms with Crippen molar-refractivity contribution >= 4 is 17.8 Å². The molecule has 1 rings (SSSR count). The molecule has 0 aromatic heterocycles. The van der Waals surface area contributed by atoms with Gasteiger partial charge in [-0.2, -0.15) is 0 Å². The standard InChI is InChI=1S/C16H22N2O4/c1-4-5-13(19)17-9-14(20)18-15(16(21)22)12-7-6-10(2)11(3)8-12/h6-8,15H,4-5,9H2,1-3H3,(H,17,19)(H,18,20)(H,21,22). The number of benzene rings is 1. The van der Waals surface area contributed by atoms with Crippen LogP contribution in [0.4, 0.5) is 0 Å². The molecule has 6 nitrogen and oxygen atoms in total. The van der Waals surface area contributed by atoms with Crippen LogP contribution in [-0.2, 0) is 14.4 Å². The topological polar surface area (TPSA) is 95.5 Å². The van der Waals surface area contributed by atoms with E-state index in [0.29, 0.717) is 18.4 Å². The molecule has 0 saturated heterocycles. The number of carboxylic acids is 1. The van der Waals surface area contributed by atoms with Crippen LogP contribution in [0.3, 0.4) is 0 Å². The van der Waals surface area contributed by atoms with Crippen LogP contribution >= 0.6 is 0 Å². The van der Waals surface area contributed by atoms with Crippen molar-refractivity contribution < 1.29 is 19.5 Å². The molecular weight excluding hydrogens is 284 g/mol. The molecule has 22 heavy (non-hydrogen) atoms. The first-order chi connectivity index (χ1) is 10.3. The fraction of sp³-hybridized carbons (Fsp3) is 0.438. The minimum Gasteiger partial charge on any atom is -0.479 e. The molecule has 0 spiro atoms. The molecule has 0 aliphatic heterocycles. The van der Waals surface area contributed by atoms with Gasteiger partial charge in [0.1, 0.15) is 0 Å². The van der Waals surface area contributed by atoms with E-state index in [9.17, 15) is 19.5 Å². The maximum atomic E-state index is 11.8. The third-order valence-corrected chi connectivity index (χ3v) is 3.34. The van der Waals surface area contributed by atoms with Crippen molar-refractivity contribution in [3.05, 3.63) is 34.9 Å². The highest BCUT2D eigenvalue weighted by atomic mass is 16.4. The summed E-state index contributed by atoms with van der Waals surface area (Å²) in [5.74, 6) is -1.90. The van der Waals surface area contributed by atoms with Crippen molar-refractivity contribution in [2.45, 2.75) is 39.7 Å². The monoisotopic (exact) mass is 306 g/mol. The molecule has 0 radical (unpaired) electrons. The van der Waals surface area contributed by atoms with Crippen molar-refractivity contribution in [3.63, 3.8) is 0 Å². The predicted octanol–water partition coefficient (Wildman–Crippen LogP) is 1.46. The normalized spacial score (nSPS) is 11.6. The van der Waals surface area contributed by atoms with Gasteiger partial charge in [-0.15, -0.1) is 0 Å². The van der Waals surface area contributed by atoms with Crippen LogP contribution in [0.25, 0.3) is 0 Å². The molecule has 1 aromatic carbocycles. The molecule has 0 saturated carbocycles. The highest BCUT2D eigenvalue weighted by Crippen LogP contribution is 2.17. The molecule has 120 valence electrons.